The Kier molecular flexibility index (Phi) is 9.20. The largest absolute Gasteiger partial charge is 0.417 e. The van der Waals surface area contributed by atoms with E-state index in [1.54, 1.807) is 18.9 Å². The highest BCUT2D eigenvalue weighted by molar-refractivity contribution is 8.01. The third-order valence-electron chi connectivity index (χ3n) is 6.61. The fourth-order valence-electron chi connectivity index (χ4n) is 4.94. The van der Waals surface area contributed by atoms with E-state index in [0.717, 1.165) is 43.6 Å². The summed E-state index contributed by atoms with van der Waals surface area (Å²) in [5.41, 5.74) is -0.941. The number of rotatable bonds is 8. The van der Waals surface area contributed by atoms with Crippen molar-refractivity contribution in [2.45, 2.75) is 74.9 Å². The summed E-state index contributed by atoms with van der Waals surface area (Å²) in [5.74, 6) is -0.793. The molecule has 1 saturated heterocycles. The Morgan fingerprint density at radius 2 is 2.03 bits per heavy atom. The van der Waals surface area contributed by atoms with Gasteiger partial charge >= 0.3 is 6.18 Å². The van der Waals surface area contributed by atoms with E-state index in [0.29, 0.717) is 36.7 Å². The molecule has 0 radical (unpaired) electrons. The quantitative estimate of drug-likeness (QED) is 0.391. The van der Waals surface area contributed by atoms with Crippen molar-refractivity contribution in [3.05, 3.63) is 23.3 Å². The van der Waals surface area contributed by atoms with Crippen LogP contribution >= 0.6 is 11.8 Å². The van der Waals surface area contributed by atoms with Gasteiger partial charge in [0.05, 0.1) is 22.1 Å². The van der Waals surface area contributed by atoms with E-state index in [2.05, 4.69) is 4.81 Å². The Balaban J connectivity index is 2.06. The summed E-state index contributed by atoms with van der Waals surface area (Å²) in [6.07, 6.45) is -1.70. The van der Waals surface area contributed by atoms with Crippen molar-refractivity contribution in [1.29, 1.82) is 0 Å². The number of anilines is 1. The number of methoxy groups -OCH3 is 1. The van der Waals surface area contributed by atoms with Gasteiger partial charge in [-0.1, -0.05) is 0 Å². The van der Waals surface area contributed by atoms with Gasteiger partial charge in [-0.05, 0) is 65.1 Å². The molecule has 1 aromatic rings. The number of unbranched alkanes of at least 4 members (excludes halogenated alkanes) is 1. The monoisotopic (exact) mass is 513 g/mol. The molecular weight excluding hydrogens is 478 g/mol. The fraction of sp³-hybridized carbons (Fsp3) is 0.667. The average molecular weight is 513 g/mol. The van der Waals surface area contributed by atoms with Crippen molar-refractivity contribution in [3.8, 4) is 0 Å². The van der Waals surface area contributed by atoms with Crippen LogP contribution in [0.4, 0.5) is 18.9 Å². The number of fused-ring (bicyclic) bond motifs is 1. The number of hydrogen-bond acceptors (Lipinski definition) is 5. The lowest BCUT2D eigenvalue weighted by molar-refractivity contribution is -0.138. The molecule has 1 aromatic carbocycles. The zero-order valence-corrected chi connectivity index (χ0v) is 22.0. The second kappa shape index (κ2) is 11.6. The van der Waals surface area contributed by atoms with Crippen molar-refractivity contribution in [2.75, 3.05) is 38.3 Å². The molecule has 35 heavy (non-hydrogen) atoms. The highest BCUT2D eigenvalue weighted by Gasteiger charge is 2.41. The first kappa shape index (κ1) is 27.9. The first-order valence-corrected chi connectivity index (χ1v) is 13.1. The molecule has 0 bridgehead atoms. The average Bonchev–Trinajstić information content (AvgIpc) is 2.77. The number of ether oxygens (including phenoxy) is 1. The molecule has 0 aliphatic carbocycles. The molecule has 1 fully saturated rings. The zero-order chi connectivity index (χ0) is 25.9. The van der Waals surface area contributed by atoms with Crippen LogP contribution in [-0.2, 0) is 15.7 Å². The van der Waals surface area contributed by atoms with Crippen LogP contribution in [0.2, 0.25) is 0 Å². The molecule has 0 spiro atoms. The molecule has 6 nitrogen and oxygen atoms in total. The van der Waals surface area contributed by atoms with Crippen LogP contribution in [0.3, 0.4) is 0 Å². The summed E-state index contributed by atoms with van der Waals surface area (Å²) in [7, 11) is 3.56. The number of amides is 2. The first-order chi connectivity index (χ1) is 16.5. The lowest BCUT2D eigenvalue weighted by atomic mass is 9.97. The number of carbonyl (C=O) groups excluding carboxylic acids is 2. The minimum absolute atomic E-state index is 0.160. The van der Waals surface area contributed by atoms with Gasteiger partial charge in [0.2, 0.25) is 5.91 Å². The Bertz CT molecular complexity index is 931. The number of carbonyl (C=O) groups is 2. The molecule has 3 rings (SSSR count). The summed E-state index contributed by atoms with van der Waals surface area (Å²) in [5, 5.41) is -0.502. The van der Waals surface area contributed by atoms with Gasteiger partial charge in [-0.3, -0.25) is 9.59 Å². The third kappa shape index (κ3) is 6.35. The molecular formula is C24H35BF3N3O3S. The maximum Gasteiger partial charge on any atom is 0.417 e. The minimum Gasteiger partial charge on any atom is -0.385 e. The number of nitrogens with zero attached hydrogens (tertiary/aromatic N) is 3. The smallest absolute Gasteiger partial charge is 0.385 e. The normalized spacial score (nSPS) is 21.4. The fourth-order valence-corrected chi connectivity index (χ4v) is 6.02. The van der Waals surface area contributed by atoms with Crippen LogP contribution < -0.4 is 4.90 Å². The molecule has 0 saturated carbocycles. The lowest BCUT2D eigenvalue weighted by Crippen LogP contribution is -2.52. The molecule has 2 atom stereocenters. The van der Waals surface area contributed by atoms with Gasteiger partial charge in [-0.2, -0.15) is 13.2 Å². The Morgan fingerprint density at radius 3 is 2.63 bits per heavy atom. The molecule has 2 aliphatic rings. The van der Waals surface area contributed by atoms with Gasteiger partial charge in [0.25, 0.3) is 5.91 Å². The van der Waals surface area contributed by atoms with E-state index in [1.807, 2.05) is 21.8 Å². The van der Waals surface area contributed by atoms with Gasteiger partial charge in [0.15, 0.2) is 7.98 Å². The predicted octanol–water partition coefficient (Wildman–Crippen LogP) is 3.82. The standard InChI is InChI=1S/C24H35BF3N3O3S/c1-15(2)31(17-8-7-9-29(25)14-17)23(33)18-12-20-21(13-19(18)24(26,27)28)35-16(3)22(32)30(20)10-5-6-11-34-4/h12-13,15-17H,5-11,14,25H2,1-4H3/t16?,17-/m1/s1. The van der Waals surface area contributed by atoms with E-state index in [4.69, 9.17) is 4.74 Å². The summed E-state index contributed by atoms with van der Waals surface area (Å²) >= 11 is 1.11. The minimum atomic E-state index is -4.69. The van der Waals surface area contributed by atoms with Gasteiger partial charge in [-0.25, -0.2) is 0 Å². The number of benzene rings is 1. The van der Waals surface area contributed by atoms with Crippen LogP contribution in [0.25, 0.3) is 0 Å². The number of alkyl halides is 3. The van der Waals surface area contributed by atoms with Gasteiger partial charge in [0.1, 0.15) is 0 Å². The van der Waals surface area contributed by atoms with Crippen molar-refractivity contribution >= 4 is 37.2 Å². The Labute approximate surface area is 210 Å². The molecule has 2 amide bonds. The lowest BCUT2D eigenvalue weighted by Gasteiger charge is -2.41. The second-order valence-electron chi connectivity index (χ2n) is 9.68. The topological polar surface area (TPSA) is 53.1 Å². The molecule has 11 heteroatoms. The number of thioether (sulfide) groups is 1. The van der Waals surface area contributed by atoms with Crippen molar-refractivity contribution in [3.63, 3.8) is 0 Å². The van der Waals surface area contributed by atoms with Gasteiger partial charge in [0, 0.05) is 43.8 Å². The van der Waals surface area contributed by atoms with E-state index < -0.39 is 22.9 Å². The summed E-state index contributed by atoms with van der Waals surface area (Å²) in [4.78, 5) is 32.4. The van der Waals surface area contributed by atoms with E-state index >= 15 is 0 Å². The first-order valence-electron chi connectivity index (χ1n) is 12.2. The molecule has 1 unspecified atom stereocenters. The van der Waals surface area contributed by atoms with E-state index in [9.17, 15) is 22.8 Å². The van der Waals surface area contributed by atoms with Crippen LogP contribution in [0.1, 0.15) is 62.4 Å². The Morgan fingerprint density at radius 1 is 1.31 bits per heavy atom. The highest BCUT2D eigenvalue weighted by atomic mass is 32.2. The van der Waals surface area contributed by atoms with E-state index in [-0.39, 0.29) is 23.6 Å². The van der Waals surface area contributed by atoms with Crippen molar-refractivity contribution < 1.29 is 27.5 Å². The molecule has 2 heterocycles. The van der Waals surface area contributed by atoms with Crippen LogP contribution in [-0.4, -0.2) is 80.2 Å². The summed E-state index contributed by atoms with van der Waals surface area (Å²) in [6.45, 7) is 7.79. The second-order valence-corrected chi connectivity index (χ2v) is 11.1. The van der Waals surface area contributed by atoms with Crippen molar-refractivity contribution in [2.24, 2.45) is 0 Å². The number of halogens is 3. The van der Waals surface area contributed by atoms with Crippen LogP contribution in [0, 0.1) is 0 Å². The Hall–Kier alpha value is -1.72. The maximum atomic E-state index is 14.2. The SMILES string of the molecule is BN1CCC[C@@H](N(C(=O)c2cc3c(cc2C(F)(F)F)SC(C)C(=O)N3CCCCOC)C(C)C)C1. The summed E-state index contributed by atoms with van der Waals surface area (Å²) in [6, 6.07) is 1.93. The van der Waals surface area contributed by atoms with Gasteiger partial charge < -0.3 is 19.3 Å². The predicted molar refractivity (Wildman–Crippen MR) is 135 cm³/mol. The molecule has 0 aromatic heterocycles. The molecule has 0 N–H and O–H groups in total. The zero-order valence-electron chi connectivity index (χ0n) is 21.2. The summed E-state index contributed by atoms with van der Waals surface area (Å²) < 4.78 is 47.7. The third-order valence-corrected chi connectivity index (χ3v) is 7.74. The van der Waals surface area contributed by atoms with E-state index in [1.165, 1.54) is 11.0 Å². The molecule has 194 valence electrons. The van der Waals surface area contributed by atoms with Crippen LogP contribution in [0.5, 0.6) is 0 Å². The van der Waals surface area contributed by atoms with Crippen LogP contribution in [0.15, 0.2) is 17.0 Å². The van der Waals surface area contributed by atoms with Gasteiger partial charge in [-0.15, -0.1) is 11.8 Å². The number of hydrogen-bond donors (Lipinski definition) is 0. The highest BCUT2D eigenvalue weighted by Crippen LogP contribution is 2.45. The maximum absolute atomic E-state index is 14.2. The molecule has 2 aliphatic heterocycles. The van der Waals surface area contributed by atoms with Crippen molar-refractivity contribution in [1.82, 2.24) is 9.71 Å². The number of piperidine rings is 1.